The average molecular weight is 260 g/mol. The highest BCUT2D eigenvalue weighted by molar-refractivity contribution is 6.37. The molecule has 0 radical (unpaired) electrons. The van der Waals surface area contributed by atoms with E-state index in [9.17, 15) is 9.59 Å². The molecule has 0 atom stereocenters. The zero-order valence-corrected chi connectivity index (χ0v) is 10.2. The Morgan fingerprint density at radius 2 is 2.05 bits per heavy atom. The predicted octanol–water partition coefficient (Wildman–Crippen LogP) is 0.973. The van der Waals surface area contributed by atoms with Crippen molar-refractivity contribution < 1.29 is 14.3 Å². The summed E-state index contributed by atoms with van der Waals surface area (Å²) in [6, 6.07) is 9.28. The van der Waals surface area contributed by atoms with E-state index in [2.05, 4.69) is 25.2 Å². The van der Waals surface area contributed by atoms with Crippen molar-refractivity contribution in [2.75, 3.05) is 11.9 Å². The third-order valence-electron chi connectivity index (χ3n) is 2.22. The standard InChI is InChI=1S/C12H12N4O3/c1-2-19-11(18)10(17)14-12-13-9(15-16-12)8-6-4-3-5-7-8/h3-7H,2H2,1H3,(H2,13,14,15,16,17). The van der Waals surface area contributed by atoms with Crippen LogP contribution in [0.15, 0.2) is 30.3 Å². The number of esters is 1. The van der Waals surface area contributed by atoms with Gasteiger partial charge in [0.15, 0.2) is 5.82 Å². The van der Waals surface area contributed by atoms with Crippen LogP contribution in [0.4, 0.5) is 5.95 Å². The number of ether oxygens (including phenoxy) is 1. The van der Waals surface area contributed by atoms with Crippen molar-refractivity contribution in [3.8, 4) is 11.4 Å². The fourth-order valence-corrected chi connectivity index (χ4v) is 1.39. The zero-order chi connectivity index (χ0) is 13.7. The zero-order valence-electron chi connectivity index (χ0n) is 10.2. The van der Waals surface area contributed by atoms with Crippen LogP contribution in [0.2, 0.25) is 0 Å². The number of carbonyl (C=O) groups is 2. The van der Waals surface area contributed by atoms with Gasteiger partial charge in [-0.1, -0.05) is 30.3 Å². The largest absolute Gasteiger partial charge is 0.459 e. The maximum Gasteiger partial charge on any atom is 0.397 e. The summed E-state index contributed by atoms with van der Waals surface area (Å²) >= 11 is 0. The molecule has 2 aromatic rings. The van der Waals surface area contributed by atoms with Crippen LogP contribution >= 0.6 is 0 Å². The average Bonchev–Trinajstić information content (AvgIpc) is 2.88. The minimum atomic E-state index is -0.964. The van der Waals surface area contributed by atoms with E-state index in [1.165, 1.54) is 0 Å². The van der Waals surface area contributed by atoms with Crippen LogP contribution in [0.3, 0.4) is 0 Å². The molecule has 0 saturated carbocycles. The van der Waals surface area contributed by atoms with Crippen molar-refractivity contribution in [2.45, 2.75) is 6.92 Å². The number of hydrogen-bond acceptors (Lipinski definition) is 5. The van der Waals surface area contributed by atoms with Crippen molar-refractivity contribution in [3.63, 3.8) is 0 Å². The highest BCUT2D eigenvalue weighted by Gasteiger charge is 2.17. The van der Waals surface area contributed by atoms with Gasteiger partial charge in [-0.25, -0.2) is 4.79 Å². The molecule has 1 amide bonds. The first-order valence-corrected chi connectivity index (χ1v) is 5.66. The summed E-state index contributed by atoms with van der Waals surface area (Å²) in [5, 5.41) is 8.72. The molecule has 0 aliphatic heterocycles. The first kappa shape index (κ1) is 12.7. The number of H-pyrrole nitrogens is 1. The topological polar surface area (TPSA) is 97.0 Å². The Labute approximate surface area is 109 Å². The predicted molar refractivity (Wildman–Crippen MR) is 67.1 cm³/mol. The van der Waals surface area contributed by atoms with Gasteiger partial charge in [0.25, 0.3) is 0 Å². The molecule has 2 N–H and O–H groups in total. The summed E-state index contributed by atoms with van der Waals surface area (Å²) in [4.78, 5) is 26.5. The number of nitrogens with one attached hydrogen (secondary N) is 2. The number of nitrogens with zero attached hydrogens (tertiary/aromatic N) is 2. The van der Waals surface area contributed by atoms with Gasteiger partial charge >= 0.3 is 11.9 Å². The van der Waals surface area contributed by atoms with Gasteiger partial charge in [-0.3, -0.25) is 15.2 Å². The van der Waals surface area contributed by atoms with Gasteiger partial charge < -0.3 is 4.74 Å². The summed E-state index contributed by atoms with van der Waals surface area (Å²) in [6.07, 6.45) is 0. The number of amides is 1. The molecule has 0 saturated heterocycles. The van der Waals surface area contributed by atoms with Gasteiger partial charge in [0.1, 0.15) is 0 Å². The maximum absolute atomic E-state index is 11.4. The first-order valence-electron chi connectivity index (χ1n) is 5.66. The van der Waals surface area contributed by atoms with Crippen molar-refractivity contribution >= 4 is 17.8 Å². The molecule has 0 aliphatic rings. The molecular formula is C12H12N4O3. The summed E-state index contributed by atoms with van der Waals surface area (Å²) in [5.74, 6) is -1.34. The van der Waals surface area contributed by atoms with Crippen molar-refractivity contribution in [1.29, 1.82) is 0 Å². The summed E-state index contributed by atoms with van der Waals surface area (Å²) < 4.78 is 4.55. The molecule has 19 heavy (non-hydrogen) atoms. The van der Waals surface area contributed by atoms with Gasteiger partial charge in [0.05, 0.1) is 6.61 Å². The van der Waals surface area contributed by atoms with Crippen molar-refractivity contribution in [1.82, 2.24) is 15.2 Å². The lowest BCUT2D eigenvalue weighted by atomic mass is 10.2. The molecule has 7 nitrogen and oxygen atoms in total. The van der Waals surface area contributed by atoms with E-state index in [1.807, 2.05) is 30.3 Å². The van der Waals surface area contributed by atoms with E-state index in [-0.39, 0.29) is 12.6 Å². The molecule has 1 heterocycles. The van der Waals surface area contributed by atoms with Gasteiger partial charge in [-0.2, -0.15) is 4.98 Å². The molecule has 0 fully saturated rings. The number of anilines is 1. The smallest absolute Gasteiger partial charge is 0.397 e. The monoisotopic (exact) mass is 260 g/mol. The summed E-state index contributed by atoms with van der Waals surface area (Å²) in [7, 11) is 0. The highest BCUT2D eigenvalue weighted by Crippen LogP contribution is 2.14. The van der Waals surface area contributed by atoms with Crippen LogP contribution in [0, 0.1) is 0 Å². The number of benzene rings is 1. The minimum Gasteiger partial charge on any atom is -0.459 e. The molecule has 98 valence electrons. The number of aromatic amines is 1. The summed E-state index contributed by atoms with van der Waals surface area (Å²) in [6.45, 7) is 1.75. The quantitative estimate of drug-likeness (QED) is 0.633. The summed E-state index contributed by atoms with van der Waals surface area (Å²) in [5.41, 5.74) is 0.826. The first-order chi connectivity index (χ1) is 9.20. The molecule has 0 aliphatic carbocycles. The fraction of sp³-hybridized carbons (Fsp3) is 0.167. The molecule has 7 heteroatoms. The van der Waals surface area contributed by atoms with E-state index in [0.717, 1.165) is 5.56 Å². The lowest BCUT2D eigenvalue weighted by Gasteiger charge is -1.99. The van der Waals surface area contributed by atoms with Gasteiger partial charge in [-0.15, -0.1) is 5.10 Å². The van der Waals surface area contributed by atoms with E-state index in [4.69, 9.17) is 0 Å². The molecule has 0 bridgehead atoms. The van der Waals surface area contributed by atoms with Crippen LogP contribution < -0.4 is 5.32 Å². The van der Waals surface area contributed by atoms with Gasteiger partial charge in [0.2, 0.25) is 5.95 Å². The highest BCUT2D eigenvalue weighted by atomic mass is 16.5. The Morgan fingerprint density at radius 1 is 1.32 bits per heavy atom. The Morgan fingerprint density at radius 3 is 2.74 bits per heavy atom. The Bertz CT molecular complexity index is 580. The third kappa shape index (κ3) is 3.15. The lowest BCUT2D eigenvalue weighted by Crippen LogP contribution is -2.25. The van der Waals surface area contributed by atoms with E-state index >= 15 is 0 Å². The van der Waals surface area contributed by atoms with Gasteiger partial charge in [0, 0.05) is 5.56 Å². The second-order valence-electron chi connectivity index (χ2n) is 3.55. The molecule has 2 rings (SSSR count). The second-order valence-corrected chi connectivity index (χ2v) is 3.55. The number of aromatic nitrogens is 3. The van der Waals surface area contributed by atoms with Crippen LogP contribution in [-0.2, 0) is 14.3 Å². The number of rotatable bonds is 3. The molecule has 1 aromatic heterocycles. The molecule has 0 spiro atoms. The normalized spacial score (nSPS) is 9.95. The number of hydrogen-bond donors (Lipinski definition) is 2. The van der Waals surface area contributed by atoms with Crippen LogP contribution in [0.25, 0.3) is 11.4 Å². The maximum atomic E-state index is 11.4. The van der Waals surface area contributed by atoms with Gasteiger partial charge in [-0.05, 0) is 6.92 Å². The van der Waals surface area contributed by atoms with Crippen LogP contribution in [-0.4, -0.2) is 33.7 Å². The van der Waals surface area contributed by atoms with E-state index in [0.29, 0.717) is 5.82 Å². The van der Waals surface area contributed by atoms with E-state index in [1.54, 1.807) is 6.92 Å². The van der Waals surface area contributed by atoms with Crippen LogP contribution in [0.1, 0.15) is 6.92 Å². The Kier molecular flexibility index (Phi) is 3.87. The lowest BCUT2D eigenvalue weighted by molar-refractivity contribution is -0.152. The second kappa shape index (κ2) is 5.76. The SMILES string of the molecule is CCOC(=O)C(=O)Nc1n[nH]c(-c2ccccc2)n1. The number of carbonyl (C=O) groups excluding carboxylic acids is 2. The molecule has 0 unspecified atom stereocenters. The Balaban J connectivity index is 2.06. The Hall–Kier alpha value is -2.70. The third-order valence-corrected chi connectivity index (χ3v) is 2.22. The van der Waals surface area contributed by atoms with Crippen molar-refractivity contribution in [3.05, 3.63) is 30.3 Å². The molecular weight excluding hydrogens is 248 g/mol. The van der Waals surface area contributed by atoms with Crippen LogP contribution in [0.5, 0.6) is 0 Å². The fourth-order valence-electron chi connectivity index (χ4n) is 1.39. The minimum absolute atomic E-state index is 0.0249. The van der Waals surface area contributed by atoms with Crippen molar-refractivity contribution in [2.24, 2.45) is 0 Å². The van der Waals surface area contributed by atoms with E-state index < -0.39 is 11.9 Å². The molecule has 1 aromatic carbocycles.